The van der Waals surface area contributed by atoms with E-state index in [1.807, 2.05) is 31.9 Å². The van der Waals surface area contributed by atoms with E-state index in [4.69, 9.17) is 0 Å². The molecule has 1 saturated heterocycles. The van der Waals surface area contributed by atoms with Crippen molar-refractivity contribution in [1.29, 1.82) is 0 Å². The Morgan fingerprint density at radius 1 is 1.12 bits per heavy atom. The summed E-state index contributed by atoms with van der Waals surface area (Å²) < 4.78 is 14.9. The number of imide groups is 1. The van der Waals surface area contributed by atoms with E-state index in [2.05, 4.69) is 25.6 Å². The summed E-state index contributed by atoms with van der Waals surface area (Å²) in [6, 6.07) is 5.75. The fourth-order valence-corrected chi connectivity index (χ4v) is 4.35. The Labute approximate surface area is 189 Å². The van der Waals surface area contributed by atoms with Crippen LogP contribution in [-0.2, 0) is 4.79 Å². The predicted octanol–water partition coefficient (Wildman–Crippen LogP) is 2.34. The SMILES string of the molecule is CC(C)(C)NC(=O)NC(=O)CN1CCN(c2nn3cc(-c4ccc(F)cc4)nc3s2)CC1. The van der Waals surface area contributed by atoms with Crippen molar-refractivity contribution in [2.45, 2.75) is 26.3 Å². The van der Waals surface area contributed by atoms with Crippen molar-refractivity contribution in [2.75, 3.05) is 37.6 Å². The molecule has 3 aromatic rings. The van der Waals surface area contributed by atoms with Crippen molar-refractivity contribution in [1.82, 2.24) is 30.1 Å². The van der Waals surface area contributed by atoms with Crippen molar-refractivity contribution >= 4 is 33.4 Å². The third-order valence-corrected chi connectivity index (χ3v) is 5.91. The molecule has 11 heteroatoms. The summed E-state index contributed by atoms with van der Waals surface area (Å²) in [5, 5.41) is 10.6. The number of urea groups is 1. The second-order valence-corrected chi connectivity index (χ2v) is 9.69. The van der Waals surface area contributed by atoms with Gasteiger partial charge in [0, 0.05) is 37.3 Å². The minimum atomic E-state index is -0.479. The van der Waals surface area contributed by atoms with Crippen LogP contribution in [0.2, 0.25) is 0 Å². The van der Waals surface area contributed by atoms with Crippen LogP contribution in [0.5, 0.6) is 0 Å². The van der Waals surface area contributed by atoms with E-state index in [9.17, 15) is 14.0 Å². The Morgan fingerprint density at radius 2 is 1.81 bits per heavy atom. The second kappa shape index (κ2) is 8.83. The third-order valence-electron chi connectivity index (χ3n) is 4.92. The van der Waals surface area contributed by atoms with Crippen LogP contribution in [0.3, 0.4) is 0 Å². The van der Waals surface area contributed by atoms with E-state index in [0.717, 1.165) is 34.4 Å². The minimum Gasteiger partial charge on any atom is -0.344 e. The molecule has 0 bridgehead atoms. The van der Waals surface area contributed by atoms with E-state index < -0.39 is 11.6 Å². The molecule has 0 radical (unpaired) electrons. The first kappa shape index (κ1) is 22.2. The van der Waals surface area contributed by atoms with E-state index in [-0.39, 0.29) is 18.3 Å². The molecule has 0 atom stereocenters. The molecule has 4 rings (SSSR count). The summed E-state index contributed by atoms with van der Waals surface area (Å²) in [7, 11) is 0. The summed E-state index contributed by atoms with van der Waals surface area (Å²) in [6.07, 6.45) is 1.84. The van der Waals surface area contributed by atoms with Gasteiger partial charge in [0.05, 0.1) is 18.4 Å². The van der Waals surface area contributed by atoms with Gasteiger partial charge in [0.1, 0.15) is 5.82 Å². The van der Waals surface area contributed by atoms with Gasteiger partial charge in [0.15, 0.2) is 0 Å². The lowest BCUT2D eigenvalue weighted by Crippen LogP contribution is -2.53. The van der Waals surface area contributed by atoms with Crippen LogP contribution in [-0.4, -0.2) is 69.7 Å². The molecule has 1 fully saturated rings. The molecule has 0 saturated carbocycles. The lowest BCUT2D eigenvalue weighted by Gasteiger charge is -2.33. The maximum absolute atomic E-state index is 13.1. The Morgan fingerprint density at radius 3 is 2.44 bits per heavy atom. The predicted molar refractivity (Wildman–Crippen MR) is 121 cm³/mol. The Hall–Kier alpha value is -3.05. The molecule has 0 unspecified atom stereocenters. The van der Waals surface area contributed by atoms with E-state index >= 15 is 0 Å². The van der Waals surface area contributed by atoms with Crippen LogP contribution in [0.1, 0.15) is 20.8 Å². The van der Waals surface area contributed by atoms with E-state index in [1.54, 1.807) is 16.6 Å². The molecule has 3 amide bonds. The van der Waals surface area contributed by atoms with Gasteiger partial charge in [0.2, 0.25) is 16.0 Å². The topological polar surface area (TPSA) is 94.9 Å². The second-order valence-electron chi connectivity index (χ2n) is 8.76. The first-order valence-electron chi connectivity index (χ1n) is 10.4. The molecule has 32 heavy (non-hydrogen) atoms. The number of imidazole rings is 1. The van der Waals surface area contributed by atoms with Gasteiger partial charge in [-0.15, -0.1) is 5.10 Å². The number of rotatable bonds is 4. The van der Waals surface area contributed by atoms with Gasteiger partial charge >= 0.3 is 6.03 Å². The Kier molecular flexibility index (Phi) is 6.11. The number of halogens is 1. The molecule has 3 heterocycles. The van der Waals surface area contributed by atoms with Crippen LogP contribution >= 0.6 is 11.3 Å². The number of benzene rings is 1. The largest absolute Gasteiger partial charge is 0.344 e. The third kappa shape index (κ3) is 5.40. The Bertz CT molecular complexity index is 1080. The Balaban J connectivity index is 1.30. The highest BCUT2D eigenvalue weighted by Gasteiger charge is 2.23. The van der Waals surface area contributed by atoms with Gasteiger partial charge in [-0.25, -0.2) is 18.7 Å². The van der Waals surface area contributed by atoms with Crippen LogP contribution in [0, 0.1) is 5.82 Å². The van der Waals surface area contributed by atoms with Gasteiger partial charge in [-0.1, -0.05) is 11.3 Å². The van der Waals surface area contributed by atoms with Crippen molar-refractivity contribution < 1.29 is 14.0 Å². The fourth-order valence-electron chi connectivity index (χ4n) is 3.42. The van der Waals surface area contributed by atoms with Gasteiger partial charge in [-0.05, 0) is 45.0 Å². The molecule has 0 aliphatic carbocycles. The first-order chi connectivity index (χ1) is 15.2. The van der Waals surface area contributed by atoms with Gasteiger partial charge in [0.25, 0.3) is 0 Å². The highest BCUT2D eigenvalue weighted by Crippen LogP contribution is 2.27. The molecule has 1 aliphatic heterocycles. The maximum Gasteiger partial charge on any atom is 0.321 e. The summed E-state index contributed by atoms with van der Waals surface area (Å²) >= 11 is 1.49. The van der Waals surface area contributed by atoms with Crippen molar-refractivity contribution in [3.63, 3.8) is 0 Å². The molecule has 2 N–H and O–H groups in total. The number of piperazine rings is 1. The van der Waals surface area contributed by atoms with Crippen LogP contribution in [0.15, 0.2) is 30.5 Å². The zero-order chi connectivity index (χ0) is 22.9. The number of hydrogen-bond donors (Lipinski definition) is 2. The number of fused-ring (bicyclic) bond motifs is 1. The molecular formula is C21H26FN7O2S. The maximum atomic E-state index is 13.1. The number of carbonyl (C=O) groups excluding carboxylic acids is 2. The number of nitrogens with one attached hydrogen (secondary N) is 2. The monoisotopic (exact) mass is 459 g/mol. The normalized spacial score (nSPS) is 15.2. The standard InChI is InChI=1S/C21H26FN7O2S/c1-21(2,3)25-18(31)24-17(30)13-27-8-10-28(11-9-27)20-26-29-12-16(23-19(29)32-20)14-4-6-15(22)7-5-14/h4-7,12H,8-11,13H2,1-3H3,(H2,24,25,30,31). The number of aromatic nitrogens is 3. The molecule has 2 aromatic heterocycles. The minimum absolute atomic E-state index is 0.174. The van der Waals surface area contributed by atoms with Crippen molar-refractivity contribution in [3.8, 4) is 11.3 Å². The zero-order valence-corrected chi connectivity index (χ0v) is 19.1. The van der Waals surface area contributed by atoms with Crippen LogP contribution < -0.4 is 15.5 Å². The number of anilines is 1. The van der Waals surface area contributed by atoms with E-state index in [0.29, 0.717) is 13.1 Å². The summed E-state index contributed by atoms with van der Waals surface area (Å²) in [4.78, 5) is 33.5. The smallest absolute Gasteiger partial charge is 0.321 e. The zero-order valence-electron chi connectivity index (χ0n) is 18.3. The average molecular weight is 460 g/mol. The highest BCUT2D eigenvalue weighted by atomic mass is 32.1. The lowest BCUT2D eigenvalue weighted by atomic mass is 10.1. The molecule has 0 spiro atoms. The number of hydrogen-bond acceptors (Lipinski definition) is 7. The van der Waals surface area contributed by atoms with E-state index in [1.165, 1.54) is 23.5 Å². The molecule has 1 aromatic carbocycles. The van der Waals surface area contributed by atoms with Gasteiger partial charge in [-0.3, -0.25) is 15.0 Å². The van der Waals surface area contributed by atoms with Gasteiger partial charge < -0.3 is 10.2 Å². The highest BCUT2D eigenvalue weighted by molar-refractivity contribution is 7.20. The quantitative estimate of drug-likeness (QED) is 0.622. The molecule has 170 valence electrons. The lowest BCUT2D eigenvalue weighted by molar-refractivity contribution is -0.121. The fraction of sp³-hybridized carbons (Fsp3) is 0.429. The number of nitrogens with zero attached hydrogens (tertiary/aromatic N) is 5. The van der Waals surface area contributed by atoms with Crippen LogP contribution in [0.4, 0.5) is 14.3 Å². The summed E-state index contributed by atoms with van der Waals surface area (Å²) in [6.45, 7) is 8.58. The first-order valence-corrected chi connectivity index (χ1v) is 11.2. The van der Waals surface area contributed by atoms with Gasteiger partial charge in [-0.2, -0.15) is 0 Å². The molecule has 9 nitrogen and oxygen atoms in total. The van der Waals surface area contributed by atoms with Crippen molar-refractivity contribution in [2.24, 2.45) is 0 Å². The number of carbonyl (C=O) groups is 2. The molecular weight excluding hydrogens is 433 g/mol. The average Bonchev–Trinajstić information content (AvgIpc) is 3.27. The number of amides is 3. The summed E-state index contributed by atoms with van der Waals surface area (Å²) in [5.41, 5.74) is 1.19. The summed E-state index contributed by atoms with van der Waals surface area (Å²) in [5.74, 6) is -0.596. The molecule has 1 aliphatic rings. The van der Waals surface area contributed by atoms with Crippen LogP contribution in [0.25, 0.3) is 16.2 Å². The van der Waals surface area contributed by atoms with Crippen molar-refractivity contribution in [3.05, 3.63) is 36.3 Å².